The van der Waals surface area contributed by atoms with Gasteiger partial charge < -0.3 is 28.9 Å². The SMILES string of the molecule is Cc1occc(=O)c1O.Cc1occc(=O)c1OC(=O)c1ccc(O)c(-n2nc3ccccc3n2)c1.O=C(Cl)c1ccc(O)c(-n2nc3ccccc3n2)c1. The van der Waals surface area contributed by atoms with Gasteiger partial charge in [-0.1, -0.05) is 24.3 Å². The molecule has 0 atom stereocenters. The molecule has 0 saturated heterocycles. The number of fused-ring (bicyclic) bond motifs is 2. The van der Waals surface area contributed by atoms with Gasteiger partial charge in [-0.15, -0.1) is 30.0 Å². The summed E-state index contributed by atoms with van der Waals surface area (Å²) in [4.78, 5) is 48.5. The lowest BCUT2D eigenvalue weighted by Gasteiger charge is -2.08. The van der Waals surface area contributed by atoms with Gasteiger partial charge >= 0.3 is 5.97 Å². The Labute approximate surface area is 313 Å². The number of phenolic OH excluding ortho intramolecular Hbond substituents is 2. The molecule has 0 aliphatic carbocycles. The highest BCUT2D eigenvalue weighted by Crippen LogP contribution is 2.25. The van der Waals surface area contributed by atoms with Crippen LogP contribution < -0.4 is 15.6 Å². The molecule has 0 aliphatic heterocycles. The van der Waals surface area contributed by atoms with E-state index in [1.54, 1.807) is 12.1 Å². The van der Waals surface area contributed by atoms with Crippen LogP contribution in [0.25, 0.3) is 33.4 Å². The minimum atomic E-state index is -0.769. The Balaban J connectivity index is 0.000000159. The quantitative estimate of drug-likeness (QED) is 0.140. The highest BCUT2D eigenvalue weighted by Gasteiger charge is 2.18. The smallest absolute Gasteiger partial charge is 0.343 e. The zero-order chi connectivity index (χ0) is 39.2. The molecular weight excluding hydrogens is 736 g/mol. The van der Waals surface area contributed by atoms with Crippen molar-refractivity contribution in [1.29, 1.82) is 0 Å². The summed E-state index contributed by atoms with van der Waals surface area (Å²) >= 11 is 5.42. The second-order valence-electron chi connectivity index (χ2n) is 11.4. The lowest BCUT2D eigenvalue weighted by molar-refractivity contribution is 0.0726. The number of hydrogen-bond donors (Lipinski definition) is 3. The number of benzene rings is 4. The van der Waals surface area contributed by atoms with Gasteiger partial charge in [0.05, 0.1) is 18.1 Å². The molecule has 8 aromatic rings. The van der Waals surface area contributed by atoms with E-state index in [4.69, 9.17) is 25.9 Å². The molecule has 0 amide bonds. The standard InChI is InChI=1S/C19H13N3O5.C13H8ClN3O2.C6H6O3/c1-11-18(17(24)8-9-26-11)27-19(25)12-6-7-16(23)15(10-12)22-20-13-4-2-3-5-14(13)21-22;14-13(19)8-5-6-12(18)11(7-8)17-15-9-3-1-2-4-10(9)16-17;1-4-6(8)5(7)2-3-9-4/h2-10,23H,1H3;1-7,18H;2-3,8H,1H3. The molecule has 4 heterocycles. The van der Waals surface area contributed by atoms with Crippen molar-refractivity contribution < 1.29 is 38.5 Å². The average molecular weight is 763 g/mol. The molecule has 16 nitrogen and oxygen atoms in total. The lowest BCUT2D eigenvalue weighted by atomic mass is 10.2. The molecule has 8 rings (SSSR count). The van der Waals surface area contributed by atoms with E-state index < -0.39 is 22.1 Å². The maximum Gasteiger partial charge on any atom is 0.343 e. The van der Waals surface area contributed by atoms with Crippen molar-refractivity contribution >= 4 is 44.9 Å². The summed E-state index contributed by atoms with van der Waals surface area (Å²) in [6.45, 7) is 3.04. The van der Waals surface area contributed by atoms with E-state index in [0.29, 0.717) is 27.8 Å². The zero-order valence-electron chi connectivity index (χ0n) is 28.7. The van der Waals surface area contributed by atoms with Crippen LogP contribution >= 0.6 is 11.6 Å². The summed E-state index contributed by atoms with van der Waals surface area (Å²) in [6.07, 6.45) is 2.47. The highest BCUT2D eigenvalue weighted by molar-refractivity contribution is 6.67. The fourth-order valence-corrected chi connectivity index (χ4v) is 4.95. The fraction of sp³-hybridized carbons (Fsp3) is 0.0526. The molecular formula is C38H27ClN6O10. The minimum absolute atomic E-state index is 0.0260. The summed E-state index contributed by atoms with van der Waals surface area (Å²) in [6, 6.07) is 25.2. The molecule has 55 heavy (non-hydrogen) atoms. The first-order valence-corrected chi connectivity index (χ1v) is 16.4. The van der Waals surface area contributed by atoms with Crippen molar-refractivity contribution in [2.75, 3.05) is 0 Å². The molecule has 0 spiro atoms. The number of halogens is 1. The van der Waals surface area contributed by atoms with Crippen LogP contribution in [0.1, 0.15) is 32.2 Å². The Hall–Kier alpha value is -7.59. The molecule has 0 bridgehead atoms. The van der Waals surface area contributed by atoms with Crippen molar-refractivity contribution in [1.82, 2.24) is 30.0 Å². The van der Waals surface area contributed by atoms with Gasteiger partial charge in [0, 0.05) is 17.7 Å². The molecule has 0 aliphatic rings. The number of aromatic hydroxyl groups is 3. The molecule has 276 valence electrons. The van der Waals surface area contributed by atoms with Crippen molar-refractivity contribution in [3.05, 3.63) is 153 Å². The molecule has 3 N–H and O–H groups in total. The van der Waals surface area contributed by atoms with Crippen molar-refractivity contribution in [3.8, 4) is 34.4 Å². The Morgan fingerprint density at radius 1 is 0.618 bits per heavy atom. The number of esters is 1. The van der Waals surface area contributed by atoms with Gasteiger partial charge in [-0.25, -0.2) is 4.79 Å². The molecule has 0 fully saturated rings. The second-order valence-corrected chi connectivity index (χ2v) is 11.7. The van der Waals surface area contributed by atoms with E-state index >= 15 is 0 Å². The normalized spacial score (nSPS) is 10.6. The number of hydrogen-bond acceptors (Lipinski definition) is 14. The predicted octanol–water partition coefficient (Wildman–Crippen LogP) is 5.77. The summed E-state index contributed by atoms with van der Waals surface area (Å²) in [5.74, 6) is -0.950. The number of ether oxygens (including phenoxy) is 1. The number of carbonyl (C=O) groups excluding carboxylic acids is 2. The van der Waals surface area contributed by atoms with Crippen LogP contribution in [0.3, 0.4) is 0 Å². The van der Waals surface area contributed by atoms with Crippen LogP contribution in [0, 0.1) is 13.8 Å². The van der Waals surface area contributed by atoms with Gasteiger partial charge in [0.15, 0.2) is 0 Å². The molecule has 0 unspecified atom stereocenters. The number of phenols is 2. The van der Waals surface area contributed by atoms with Gasteiger partial charge in [0.25, 0.3) is 5.24 Å². The topological polar surface area (TPSA) is 226 Å². The Morgan fingerprint density at radius 2 is 1.05 bits per heavy atom. The molecule has 4 aromatic carbocycles. The third-order valence-electron chi connectivity index (χ3n) is 7.65. The van der Waals surface area contributed by atoms with Crippen LogP contribution in [0.2, 0.25) is 0 Å². The van der Waals surface area contributed by atoms with E-state index in [1.165, 1.54) is 78.4 Å². The fourth-order valence-electron chi connectivity index (χ4n) is 4.83. The van der Waals surface area contributed by atoms with Crippen molar-refractivity contribution in [2.24, 2.45) is 0 Å². The van der Waals surface area contributed by atoms with E-state index in [0.717, 1.165) is 6.07 Å². The van der Waals surface area contributed by atoms with Crippen LogP contribution in [-0.2, 0) is 0 Å². The Bertz CT molecular complexity index is 2760. The van der Waals surface area contributed by atoms with Crippen molar-refractivity contribution in [3.63, 3.8) is 0 Å². The first-order chi connectivity index (χ1) is 26.4. The third kappa shape index (κ3) is 8.40. The van der Waals surface area contributed by atoms with E-state index in [1.807, 2.05) is 36.4 Å². The maximum absolute atomic E-state index is 12.5. The first kappa shape index (κ1) is 37.2. The number of aromatic nitrogens is 6. The number of aryl methyl sites for hydroxylation is 2. The van der Waals surface area contributed by atoms with Gasteiger partial charge in [-0.05, 0) is 86.1 Å². The molecule has 17 heteroatoms. The molecule has 0 radical (unpaired) electrons. The predicted molar refractivity (Wildman–Crippen MR) is 197 cm³/mol. The van der Waals surface area contributed by atoms with Gasteiger partial charge in [0.1, 0.15) is 56.5 Å². The van der Waals surface area contributed by atoms with Crippen molar-refractivity contribution in [2.45, 2.75) is 13.8 Å². The summed E-state index contributed by atoms with van der Waals surface area (Å²) in [7, 11) is 0. The largest absolute Gasteiger partial charge is 0.506 e. The number of carbonyl (C=O) groups is 2. The number of nitrogens with zero attached hydrogens (tertiary/aromatic N) is 6. The van der Waals surface area contributed by atoms with Crippen LogP contribution in [0.5, 0.6) is 23.0 Å². The van der Waals surface area contributed by atoms with Gasteiger partial charge in [-0.3, -0.25) is 14.4 Å². The summed E-state index contributed by atoms with van der Waals surface area (Å²) < 4.78 is 14.9. The van der Waals surface area contributed by atoms with Gasteiger partial charge in [0.2, 0.25) is 22.4 Å². The lowest BCUT2D eigenvalue weighted by Crippen LogP contribution is -2.16. The second kappa shape index (κ2) is 16.0. The first-order valence-electron chi connectivity index (χ1n) is 16.0. The van der Waals surface area contributed by atoms with Crippen LogP contribution in [-0.4, -0.2) is 56.5 Å². The monoisotopic (exact) mass is 762 g/mol. The zero-order valence-corrected chi connectivity index (χ0v) is 29.4. The Morgan fingerprint density at radius 3 is 1.49 bits per heavy atom. The molecule has 0 saturated carbocycles. The van der Waals surface area contributed by atoms with E-state index in [2.05, 4.69) is 24.8 Å². The van der Waals surface area contributed by atoms with E-state index in [-0.39, 0.29) is 51.3 Å². The highest BCUT2D eigenvalue weighted by atomic mass is 35.5. The Kier molecular flexibility index (Phi) is 10.8. The maximum atomic E-state index is 12.5. The van der Waals surface area contributed by atoms with Crippen LogP contribution in [0.4, 0.5) is 0 Å². The molecule has 4 aromatic heterocycles. The van der Waals surface area contributed by atoms with E-state index in [9.17, 15) is 29.4 Å². The van der Waals surface area contributed by atoms with Crippen LogP contribution in [0.15, 0.2) is 128 Å². The number of rotatable bonds is 5. The average Bonchev–Trinajstić information content (AvgIpc) is 3.81. The third-order valence-corrected chi connectivity index (χ3v) is 7.87. The summed E-state index contributed by atoms with van der Waals surface area (Å²) in [5, 5.41) is 45.2. The summed E-state index contributed by atoms with van der Waals surface area (Å²) in [5.41, 5.74) is 2.71. The van der Waals surface area contributed by atoms with Gasteiger partial charge in [-0.2, -0.15) is 0 Å². The minimum Gasteiger partial charge on any atom is -0.506 e.